The van der Waals surface area contributed by atoms with Crippen molar-refractivity contribution in [2.24, 2.45) is 0 Å². The lowest BCUT2D eigenvalue weighted by atomic mass is 10.2. The van der Waals surface area contributed by atoms with Gasteiger partial charge in [0.1, 0.15) is 6.04 Å². The van der Waals surface area contributed by atoms with Gasteiger partial charge in [-0.15, -0.1) is 23.7 Å². The molecule has 7 heteroatoms. The number of hydrogen-bond acceptors (Lipinski definition) is 5. The molecule has 19 heavy (non-hydrogen) atoms. The third-order valence-electron chi connectivity index (χ3n) is 3.28. The Bertz CT molecular complexity index is 387. The summed E-state index contributed by atoms with van der Waals surface area (Å²) in [5.41, 5.74) is 0. The van der Waals surface area contributed by atoms with Crippen molar-refractivity contribution in [3.8, 4) is 0 Å². The number of amides is 1. The maximum atomic E-state index is 12.4. The molecule has 1 aliphatic heterocycles. The second kappa shape index (κ2) is 7.67. The molecule has 1 N–H and O–H groups in total. The predicted octanol–water partition coefficient (Wildman–Crippen LogP) is 1.21. The molecule has 0 radical (unpaired) electrons. The minimum absolute atomic E-state index is 0. The van der Waals surface area contributed by atoms with Gasteiger partial charge in [-0.3, -0.25) is 4.79 Å². The summed E-state index contributed by atoms with van der Waals surface area (Å²) < 4.78 is 0. The molecular weight excluding hydrogens is 284 g/mol. The van der Waals surface area contributed by atoms with E-state index in [9.17, 15) is 4.79 Å². The smallest absolute Gasteiger partial charge is 0.245 e. The normalized spacial score (nSPS) is 18.2. The van der Waals surface area contributed by atoms with Crippen molar-refractivity contribution >= 4 is 34.8 Å². The van der Waals surface area contributed by atoms with E-state index in [0.717, 1.165) is 37.6 Å². The summed E-state index contributed by atoms with van der Waals surface area (Å²) in [6.45, 7) is 2.51. The molecule has 1 fully saturated rings. The molecule has 2 heterocycles. The number of thiazole rings is 1. The maximum Gasteiger partial charge on any atom is 0.245 e. The highest BCUT2D eigenvalue weighted by Gasteiger charge is 2.33. The highest BCUT2D eigenvalue weighted by Crippen LogP contribution is 2.27. The van der Waals surface area contributed by atoms with E-state index in [4.69, 9.17) is 0 Å². The molecule has 1 aromatic heterocycles. The summed E-state index contributed by atoms with van der Waals surface area (Å²) in [6, 6.07) is -0.0296. The summed E-state index contributed by atoms with van der Waals surface area (Å²) in [5.74, 6) is 0.206. The summed E-state index contributed by atoms with van der Waals surface area (Å²) in [7, 11) is 3.77. The molecule has 1 atom stereocenters. The van der Waals surface area contributed by atoms with Crippen LogP contribution in [-0.2, 0) is 4.79 Å². The second-order valence-electron chi connectivity index (χ2n) is 4.53. The minimum atomic E-state index is -0.0296. The fourth-order valence-corrected chi connectivity index (χ4v) is 2.97. The number of carbonyl (C=O) groups is 1. The molecule has 1 saturated heterocycles. The molecule has 108 valence electrons. The Kier molecular flexibility index (Phi) is 6.54. The van der Waals surface area contributed by atoms with Crippen molar-refractivity contribution in [2.75, 3.05) is 38.6 Å². The van der Waals surface area contributed by atoms with Crippen molar-refractivity contribution < 1.29 is 4.79 Å². The number of carbonyl (C=O) groups excluding carboxylic acids is 1. The fourth-order valence-electron chi connectivity index (χ4n) is 2.25. The summed E-state index contributed by atoms with van der Waals surface area (Å²) in [4.78, 5) is 20.7. The Hall–Kier alpha value is -0.850. The largest absolute Gasteiger partial charge is 0.343 e. The topological polar surface area (TPSA) is 48.5 Å². The molecule has 5 nitrogen and oxygen atoms in total. The third kappa shape index (κ3) is 3.81. The van der Waals surface area contributed by atoms with E-state index in [-0.39, 0.29) is 24.4 Å². The van der Waals surface area contributed by atoms with Crippen LogP contribution in [0.5, 0.6) is 0 Å². The van der Waals surface area contributed by atoms with Gasteiger partial charge in [0.05, 0.1) is 0 Å². The number of halogens is 1. The quantitative estimate of drug-likeness (QED) is 0.888. The second-order valence-corrected chi connectivity index (χ2v) is 5.40. The van der Waals surface area contributed by atoms with Gasteiger partial charge in [-0.1, -0.05) is 0 Å². The Balaban J connectivity index is 0.00000180. The van der Waals surface area contributed by atoms with Crippen LogP contribution in [0.1, 0.15) is 12.8 Å². The first kappa shape index (κ1) is 16.2. The monoisotopic (exact) mass is 304 g/mol. The molecule has 1 amide bonds. The van der Waals surface area contributed by atoms with Gasteiger partial charge in [-0.25, -0.2) is 4.98 Å². The van der Waals surface area contributed by atoms with Crippen LogP contribution in [0, 0.1) is 0 Å². The van der Waals surface area contributed by atoms with Gasteiger partial charge in [-0.2, -0.15) is 0 Å². The van der Waals surface area contributed by atoms with Gasteiger partial charge in [-0.05, 0) is 19.9 Å². The molecule has 1 aromatic rings. The summed E-state index contributed by atoms with van der Waals surface area (Å²) in [6.07, 6.45) is 3.79. The van der Waals surface area contributed by atoms with Gasteiger partial charge < -0.3 is 15.1 Å². The first-order chi connectivity index (χ1) is 8.74. The van der Waals surface area contributed by atoms with Crippen LogP contribution in [0.25, 0.3) is 0 Å². The lowest BCUT2D eigenvalue weighted by Gasteiger charge is -2.27. The van der Waals surface area contributed by atoms with Gasteiger partial charge in [0, 0.05) is 38.3 Å². The van der Waals surface area contributed by atoms with E-state index in [2.05, 4.69) is 15.2 Å². The third-order valence-corrected chi connectivity index (χ3v) is 4.08. The minimum Gasteiger partial charge on any atom is -0.343 e. The van der Waals surface area contributed by atoms with Gasteiger partial charge in [0.15, 0.2) is 5.13 Å². The molecular formula is C12H21ClN4OS. The number of likely N-dealkylation sites (N-methyl/N-ethyl adjacent to an activating group) is 2. The maximum absolute atomic E-state index is 12.4. The molecule has 0 spiro atoms. The van der Waals surface area contributed by atoms with Crippen molar-refractivity contribution in [3.05, 3.63) is 11.6 Å². The van der Waals surface area contributed by atoms with E-state index in [0.29, 0.717) is 0 Å². The van der Waals surface area contributed by atoms with E-state index in [1.54, 1.807) is 17.5 Å². The van der Waals surface area contributed by atoms with Crippen LogP contribution in [0.2, 0.25) is 0 Å². The van der Waals surface area contributed by atoms with Crippen LogP contribution >= 0.6 is 23.7 Å². The lowest BCUT2D eigenvalue weighted by Crippen LogP contribution is -2.45. The molecule has 2 rings (SSSR count). The van der Waals surface area contributed by atoms with Gasteiger partial charge in [0.2, 0.25) is 5.91 Å². The number of nitrogens with one attached hydrogen (secondary N) is 1. The predicted molar refractivity (Wildman–Crippen MR) is 81.3 cm³/mol. The molecule has 0 bridgehead atoms. The van der Waals surface area contributed by atoms with Crippen LogP contribution in [0.15, 0.2) is 11.6 Å². The Morgan fingerprint density at radius 2 is 2.47 bits per heavy atom. The van der Waals surface area contributed by atoms with Crippen LogP contribution < -0.4 is 10.2 Å². The fraction of sp³-hybridized carbons (Fsp3) is 0.667. The first-order valence-electron chi connectivity index (χ1n) is 6.29. The zero-order chi connectivity index (χ0) is 13.0. The molecule has 0 aliphatic carbocycles. The van der Waals surface area contributed by atoms with Gasteiger partial charge in [0.25, 0.3) is 0 Å². The van der Waals surface area contributed by atoms with Crippen molar-refractivity contribution in [1.82, 2.24) is 15.2 Å². The standard InChI is InChI=1S/C12H20N4OS.ClH/c1-13-5-8-15(2)11(17)10-4-3-7-16(10)12-14-6-9-18-12;/h6,9-10,13H,3-5,7-8H2,1-2H3;1H. The van der Waals surface area contributed by atoms with Crippen LogP contribution in [0.4, 0.5) is 5.13 Å². The van der Waals surface area contributed by atoms with E-state index in [1.165, 1.54) is 0 Å². The Morgan fingerprint density at radius 3 is 3.11 bits per heavy atom. The zero-order valence-corrected chi connectivity index (χ0v) is 13.0. The summed E-state index contributed by atoms with van der Waals surface area (Å²) in [5, 5.41) is 5.99. The van der Waals surface area contributed by atoms with E-state index < -0.39 is 0 Å². The number of aromatic nitrogens is 1. The SMILES string of the molecule is CNCCN(C)C(=O)C1CCCN1c1nccs1.Cl. The van der Waals surface area contributed by atoms with Crippen molar-refractivity contribution in [3.63, 3.8) is 0 Å². The van der Waals surface area contributed by atoms with Crippen molar-refractivity contribution in [1.29, 1.82) is 0 Å². The number of hydrogen-bond donors (Lipinski definition) is 1. The van der Waals surface area contributed by atoms with Crippen molar-refractivity contribution in [2.45, 2.75) is 18.9 Å². The van der Waals surface area contributed by atoms with E-state index in [1.807, 2.05) is 24.4 Å². The molecule has 0 aromatic carbocycles. The highest BCUT2D eigenvalue weighted by atomic mass is 35.5. The lowest BCUT2D eigenvalue weighted by molar-refractivity contribution is -0.131. The Labute approximate surface area is 124 Å². The summed E-state index contributed by atoms with van der Waals surface area (Å²) >= 11 is 1.60. The number of anilines is 1. The van der Waals surface area contributed by atoms with Gasteiger partial charge >= 0.3 is 0 Å². The highest BCUT2D eigenvalue weighted by molar-refractivity contribution is 7.13. The Morgan fingerprint density at radius 1 is 1.68 bits per heavy atom. The average Bonchev–Trinajstić information content (AvgIpc) is 3.03. The number of rotatable bonds is 5. The first-order valence-corrected chi connectivity index (χ1v) is 7.17. The van der Waals surface area contributed by atoms with Crippen LogP contribution in [-0.4, -0.2) is 55.6 Å². The zero-order valence-electron chi connectivity index (χ0n) is 11.3. The number of nitrogens with zero attached hydrogens (tertiary/aromatic N) is 3. The molecule has 1 aliphatic rings. The molecule has 0 saturated carbocycles. The average molecular weight is 305 g/mol. The van der Waals surface area contributed by atoms with Crippen LogP contribution in [0.3, 0.4) is 0 Å². The molecule has 1 unspecified atom stereocenters. The van der Waals surface area contributed by atoms with E-state index >= 15 is 0 Å².